The normalized spacial score (nSPS) is 17.1. The zero-order valence-electron chi connectivity index (χ0n) is 16.6. The van der Waals surface area contributed by atoms with Crippen LogP contribution in [0.3, 0.4) is 0 Å². The number of aromatic nitrogens is 1. The number of phenolic OH excluding ortho intramolecular Hbond substituents is 1. The fourth-order valence-corrected chi connectivity index (χ4v) is 3.81. The van der Waals surface area contributed by atoms with Crippen molar-refractivity contribution < 1.29 is 9.84 Å². The van der Waals surface area contributed by atoms with E-state index in [2.05, 4.69) is 47.6 Å². The first-order valence-electron chi connectivity index (χ1n) is 10.2. The number of allylic oxidation sites excluding steroid dienone is 1. The molecule has 4 rings (SSSR count). The number of nitrogens with zero attached hydrogens (tertiary/aromatic N) is 1. The van der Waals surface area contributed by atoms with Crippen LogP contribution < -0.4 is 10.1 Å². The summed E-state index contributed by atoms with van der Waals surface area (Å²) >= 11 is 0. The van der Waals surface area contributed by atoms with E-state index in [1.54, 1.807) is 12.1 Å². The van der Waals surface area contributed by atoms with Gasteiger partial charge in [-0.15, -0.1) is 0 Å². The van der Waals surface area contributed by atoms with Crippen molar-refractivity contribution in [3.05, 3.63) is 89.6 Å². The molecule has 4 nitrogen and oxygen atoms in total. The molecule has 1 aliphatic heterocycles. The molecular formula is C25H26N2O2. The predicted molar refractivity (Wildman–Crippen MR) is 117 cm³/mol. The number of ether oxygens (including phenoxy) is 1. The summed E-state index contributed by atoms with van der Waals surface area (Å²) in [5.74, 6) is 0.920. The molecule has 1 aromatic heterocycles. The summed E-state index contributed by atoms with van der Waals surface area (Å²) in [6.07, 6.45) is 3.97. The number of aromatic hydroxyl groups is 1. The molecule has 1 fully saturated rings. The number of benzene rings is 2. The first-order chi connectivity index (χ1) is 14.2. The van der Waals surface area contributed by atoms with Crippen LogP contribution in [0.2, 0.25) is 0 Å². The van der Waals surface area contributed by atoms with Crippen molar-refractivity contribution in [2.24, 2.45) is 0 Å². The summed E-state index contributed by atoms with van der Waals surface area (Å²) in [7, 11) is 0. The van der Waals surface area contributed by atoms with Crippen LogP contribution in [0.4, 0.5) is 0 Å². The Kier molecular flexibility index (Phi) is 5.92. The van der Waals surface area contributed by atoms with Gasteiger partial charge in [0.15, 0.2) is 0 Å². The maximum absolute atomic E-state index is 9.74. The number of hydrogen-bond donors (Lipinski definition) is 2. The summed E-state index contributed by atoms with van der Waals surface area (Å²) in [4.78, 5) is 4.58. The Hall–Kier alpha value is -3.11. The second-order valence-corrected chi connectivity index (χ2v) is 7.24. The second-order valence-electron chi connectivity index (χ2n) is 7.24. The smallest absolute Gasteiger partial charge is 0.213 e. The monoisotopic (exact) mass is 386 g/mol. The summed E-state index contributed by atoms with van der Waals surface area (Å²) < 4.78 is 5.98. The molecule has 29 heavy (non-hydrogen) atoms. The van der Waals surface area contributed by atoms with Crippen LogP contribution in [-0.4, -0.2) is 29.3 Å². The Morgan fingerprint density at radius 1 is 1.00 bits per heavy atom. The lowest BCUT2D eigenvalue weighted by Crippen LogP contribution is -2.20. The molecule has 1 saturated heterocycles. The molecule has 0 saturated carbocycles. The topological polar surface area (TPSA) is 54.4 Å². The Bertz CT molecular complexity index is 958. The van der Waals surface area contributed by atoms with Gasteiger partial charge in [-0.05, 0) is 59.9 Å². The van der Waals surface area contributed by atoms with Crippen LogP contribution in [0.5, 0.6) is 11.6 Å². The van der Waals surface area contributed by atoms with Crippen LogP contribution in [-0.2, 0) is 0 Å². The van der Waals surface area contributed by atoms with Gasteiger partial charge in [0.05, 0.1) is 0 Å². The predicted octanol–water partition coefficient (Wildman–Crippen LogP) is 4.90. The van der Waals surface area contributed by atoms with E-state index in [4.69, 9.17) is 4.74 Å². The minimum atomic E-state index is 0.191. The van der Waals surface area contributed by atoms with Gasteiger partial charge in [0.25, 0.3) is 0 Å². The van der Waals surface area contributed by atoms with E-state index < -0.39 is 0 Å². The third-order valence-corrected chi connectivity index (χ3v) is 5.26. The zero-order valence-corrected chi connectivity index (χ0v) is 16.6. The van der Waals surface area contributed by atoms with Gasteiger partial charge in [-0.2, -0.15) is 0 Å². The second kappa shape index (κ2) is 8.93. The molecule has 2 N–H and O–H groups in total. The first-order valence-corrected chi connectivity index (χ1v) is 10.2. The summed E-state index contributed by atoms with van der Waals surface area (Å²) in [5, 5.41) is 13.1. The van der Waals surface area contributed by atoms with Gasteiger partial charge < -0.3 is 15.2 Å². The average molecular weight is 386 g/mol. The molecule has 2 heterocycles. The van der Waals surface area contributed by atoms with Gasteiger partial charge in [-0.1, -0.05) is 49.4 Å². The van der Waals surface area contributed by atoms with Crippen molar-refractivity contribution >= 4 is 11.1 Å². The van der Waals surface area contributed by atoms with Crippen molar-refractivity contribution in [2.45, 2.75) is 25.9 Å². The van der Waals surface area contributed by atoms with Crippen LogP contribution in [0.1, 0.15) is 36.5 Å². The van der Waals surface area contributed by atoms with E-state index in [0.717, 1.165) is 42.6 Å². The van der Waals surface area contributed by atoms with Crippen molar-refractivity contribution in [2.75, 3.05) is 13.1 Å². The van der Waals surface area contributed by atoms with Gasteiger partial charge >= 0.3 is 0 Å². The molecule has 0 radical (unpaired) electrons. The van der Waals surface area contributed by atoms with Gasteiger partial charge in [0, 0.05) is 24.4 Å². The van der Waals surface area contributed by atoms with Gasteiger partial charge in [0.1, 0.15) is 11.9 Å². The molecule has 3 aromatic rings. The summed E-state index contributed by atoms with van der Waals surface area (Å²) in [6.45, 7) is 4.03. The number of rotatable bonds is 6. The number of nitrogens with one attached hydrogen (secondary N) is 1. The molecule has 1 aliphatic rings. The van der Waals surface area contributed by atoms with E-state index in [1.165, 1.54) is 11.1 Å². The number of hydrogen-bond acceptors (Lipinski definition) is 4. The highest BCUT2D eigenvalue weighted by molar-refractivity contribution is 5.98. The zero-order chi connectivity index (χ0) is 20.1. The third kappa shape index (κ3) is 4.49. The Morgan fingerprint density at radius 2 is 1.76 bits per heavy atom. The van der Waals surface area contributed by atoms with Crippen LogP contribution in [0.15, 0.2) is 72.9 Å². The molecular weight excluding hydrogens is 360 g/mol. The molecule has 148 valence electrons. The van der Waals surface area contributed by atoms with E-state index in [1.807, 2.05) is 30.5 Å². The lowest BCUT2D eigenvalue weighted by molar-refractivity contribution is 0.214. The molecule has 0 amide bonds. The lowest BCUT2D eigenvalue weighted by atomic mass is 9.89. The SMILES string of the molecule is CCC(=C(c1ccc(O)cc1)c1ccc(O[C@H]2CCNC2)nc1)c1ccccc1. The molecule has 1 atom stereocenters. The van der Waals surface area contributed by atoms with Gasteiger partial charge in [0.2, 0.25) is 5.88 Å². The summed E-state index contributed by atoms with van der Waals surface area (Å²) in [6, 6.07) is 21.8. The molecule has 0 unspecified atom stereocenters. The van der Waals surface area contributed by atoms with E-state index >= 15 is 0 Å². The highest BCUT2D eigenvalue weighted by atomic mass is 16.5. The minimum absolute atomic E-state index is 0.191. The molecule has 2 aromatic carbocycles. The fraction of sp³-hybridized carbons (Fsp3) is 0.240. The number of pyridine rings is 1. The van der Waals surface area contributed by atoms with Gasteiger partial charge in [-0.3, -0.25) is 0 Å². The minimum Gasteiger partial charge on any atom is -0.508 e. The lowest BCUT2D eigenvalue weighted by Gasteiger charge is -2.17. The highest BCUT2D eigenvalue weighted by Gasteiger charge is 2.17. The summed E-state index contributed by atoms with van der Waals surface area (Å²) in [5.41, 5.74) is 5.65. The molecule has 0 bridgehead atoms. The van der Waals surface area contributed by atoms with Crippen molar-refractivity contribution in [3.63, 3.8) is 0 Å². The van der Waals surface area contributed by atoms with E-state index in [9.17, 15) is 5.11 Å². The maximum atomic E-state index is 9.74. The largest absolute Gasteiger partial charge is 0.508 e. The molecule has 0 spiro atoms. The Balaban J connectivity index is 1.76. The van der Waals surface area contributed by atoms with Crippen molar-refractivity contribution in [3.8, 4) is 11.6 Å². The fourth-order valence-electron chi connectivity index (χ4n) is 3.81. The van der Waals surface area contributed by atoms with Crippen LogP contribution in [0, 0.1) is 0 Å². The van der Waals surface area contributed by atoms with Crippen molar-refractivity contribution in [1.29, 1.82) is 0 Å². The Morgan fingerprint density at radius 3 is 2.38 bits per heavy atom. The Labute approximate surface area is 171 Å². The number of phenols is 1. The van der Waals surface area contributed by atoms with Gasteiger partial charge in [-0.25, -0.2) is 4.98 Å². The third-order valence-electron chi connectivity index (χ3n) is 5.26. The van der Waals surface area contributed by atoms with E-state index in [0.29, 0.717) is 5.88 Å². The first kappa shape index (κ1) is 19.2. The van der Waals surface area contributed by atoms with Crippen molar-refractivity contribution in [1.82, 2.24) is 10.3 Å². The quantitative estimate of drug-likeness (QED) is 0.592. The van der Waals surface area contributed by atoms with Crippen LogP contribution in [0.25, 0.3) is 11.1 Å². The van der Waals surface area contributed by atoms with E-state index in [-0.39, 0.29) is 11.9 Å². The highest BCUT2D eigenvalue weighted by Crippen LogP contribution is 2.35. The standard InChI is InChI=1S/C25H26N2O2/c1-2-23(18-6-4-3-5-7-18)25(19-8-11-21(28)12-9-19)20-10-13-24(27-16-20)29-22-14-15-26-17-22/h3-13,16,22,26,28H,2,14-15,17H2,1H3/t22-/m0/s1. The van der Waals surface area contributed by atoms with Crippen LogP contribution >= 0.6 is 0 Å². The molecule has 0 aliphatic carbocycles. The molecule has 4 heteroatoms. The maximum Gasteiger partial charge on any atom is 0.213 e. The average Bonchev–Trinajstić information content (AvgIpc) is 3.27.